The van der Waals surface area contributed by atoms with Crippen LogP contribution in [0.1, 0.15) is 27.7 Å². The maximum Gasteiger partial charge on any atom is 0.0319 e. The molecular formula is C11H22O. The molecule has 1 nitrogen and oxygen atoms in total. The minimum Gasteiger partial charge on any atom is -0.400 e. The lowest BCUT2D eigenvalue weighted by Crippen LogP contribution is -1.61. The van der Waals surface area contributed by atoms with Crippen molar-refractivity contribution in [1.29, 1.82) is 0 Å². The van der Waals surface area contributed by atoms with Crippen LogP contribution in [-0.2, 0) is 0 Å². The van der Waals surface area contributed by atoms with E-state index in [-0.39, 0.29) is 0 Å². The van der Waals surface area contributed by atoms with E-state index in [4.69, 9.17) is 5.11 Å². The van der Waals surface area contributed by atoms with E-state index in [1.807, 2.05) is 45.9 Å². The van der Waals surface area contributed by atoms with E-state index < -0.39 is 0 Å². The molecule has 0 saturated carbocycles. The monoisotopic (exact) mass is 170 g/mol. The summed E-state index contributed by atoms with van der Waals surface area (Å²) in [5.74, 6) is 0. The van der Waals surface area contributed by atoms with Crippen LogP contribution in [0.25, 0.3) is 0 Å². The normalized spacial score (nSPS) is 9.33. The lowest BCUT2D eigenvalue weighted by molar-refractivity contribution is 0.399. The van der Waals surface area contributed by atoms with Crippen molar-refractivity contribution in [3.05, 3.63) is 36.5 Å². The van der Waals surface area contributed by atoms with Crippen molar-refractivity contribution in [2.75, 3.05) is 7.11 Å². The van der Waals surface area contributed by atoms with Gasteiger partial charge in [-0.3, -0.25) is 0 Å². The molecule has 0 unspecified atom stereocenters. The molecule has 0 fully saturated rings. The Morgan fingerprint density at radius 3 is 1.92 bits per heavy atom. The number of aliphatic hydroxyl groups excluding tert-OH is 1. The number of hydrogen-bond donors (Lipinski definition) is 1. The summed E-state index contributed by atoms with van der Waals surface area (Å²) in [7, 11) is 1.00. The van der Waals surface area contributed by atoms with Gasteiger partial charge in [-0.2, -0.15) is 0 Å². The van der Waals surface area contributed by atoms with Gasteiger partial charge in [0, 0.05) is 7.11 Å². The first-order chi connectivity index (χ1) is 5.81. The summed E-state index contributed by atoms with van der Waals surface area (Å²) in [6.45, 7) is 11.6. The van der Waals surface area contributed by atoms with E-state index in [0.29, 0.717) is 0 Å². The molecule has 0 aromatic heterocycles. The fraction of sp³-hybridized carbons (Fsp3) is 0.455. The molecule has 0 aliphatic heterocycles. The zero-order valence-electron chi connectivity index (χ0n) is 8.96. The Bertz CT molecular complexity index is 121. The Kier molecular flexibility index (Phi) is 32.4. The highest BCUT2D eigenvalue weighted by Gasteiger charge is 1.71. The molecule has 1 N–H and O–H groups in total. The van der Waals surface area contributed by atoms with Gasteiger partial charge in [-0.15, -0.1) is 0 Å². The molecular weight excluding hydrogens is 148 g/mol. The third kappa shape index (κ3) is 22.9. The van der Waals surface area contributed by atoms with Gasteiger partial charge in [0.25, 0.3) is 0 Å². The first kappa shape index (κ1) is 17.3. The standard InChI is InChI=1S/C8H12.C2H6.CH4O/c1-4-6-8(3)7-5-2;2*1-2/h4-7H,1H2,2-3H3;1-2H3;2H,1H3/b7-5-,8-6-;;. The van der Waals surface area contributed by atoms with E-state index >= 15 is 0 Å². The lowest BCUT2D eigenvalue weighted by Gasteiger charge is -1.82. The van der Waals surface area contributed by atoms with Gasteiger partial charge >= 0.3 is 0 Å². The van der Waals surface area contributed by atoms with Crippen molar-refractivity contribution in [3.63, 3.8) is 0 Å². The maximum absolute atomic E-state index is 7.00. The molecule has 0 bridgehead atoms. The Balaban J connectivity index is -0.000000175. The summed E-state index contributed by atoms with van der Waals surface area (Å²) < 4.78 is 0. The second-order valence-corrected chi connectivity index (χ2v) is 1.65. The molecule has 72 valence electrons. The van der Waals surface area contributed by atoms with Gasteiger partial charge in [-0.1, -0.05) is 50.3 Å². The van der Waals surface area contributed by atoms with Gasteiger partial charge in [0.1, 0.15) is 0 Å². The molecule has 12 heavy (non-hydrogen) atoms. The van der Waals surface area contributed by atoms with Crippen molar-refractivity contribution in [2.45, 2.75) is 27.7 Å². The fourth-order valence-electron chi connectivity index (χ4n) is 0.504. The van der Waals surface area contributed by atoms with Crippen molar-refractivity contribution in [1.82, 2.24) is 0 Å². The minimum absolute atomic E-state index is 1.00. The van der Waals surface area contributed by atoms with Gasteiger partial charge in [0.05, 0.1) is 0 Å². The predicted octanol–water partition coefficient (Wildman–Crippen LogP) is 3.33. The Morgan fingerprint density at radius 2 is 1.67 bits per heavy atom. The Labute approximate surface area is 77.1 Å². The molecule has 0 radical (unpaired) electrons. The van der Waals surface area contributed by atoms with Gasteiger partial charge in [0.15, 0.2) is 0 Å². The predicted molar refractivity (Wildman–Crippen MR) is 58.3 cm³/mol. The third-order valence-corrected chi connectivity index (χ3v) is 0.810. The van der Waals surface area contributed by atoms with Crippen LogP contribution in [0.5, 0.6) is 0 Å². The van der Waals surface area contributed by atoms with Crippen molar-refractivity contribution < 1.29 is 5.11 Å². The average molecular weight is 170 g/mol. The van der Waals surface area contributed by atoms with Gasteiger partial charge in [-0.25, -0.2) is 0 Å². The second kappa shape index (κ2) is 22.5. The lowest BCUT2D eigenvalue weighted by atomic mass is 10.2. The first-order valence-electron chi connectivity index (χ1n) is 4.18. The molecule has 0 aliphatic rings. The van der Waals surface area contributed by atoms with Crippen molar-refractivity contribution in [2.24, 2.45) is 0 Å². The van der Waals surface area contributed by atoms with Gasteiger partial charge in [-0.05, 0) is 13.8 Å². The largest absolute Gasteiger partial charge is 0.400 e. The van der Waals surface area contributed by atoms with Crippen LogP contribution in [0, 0.1) is 0 Å². The van der Waals surface area contributed by atoms with Crippen LogP contribution in [0.3, 0.4) is 0 Å². The van der Waals surface area contributed by atoms with Crippen LogP contribution >= 0.6 is 0 Å². The summed E-state index contributed by atoms with van der Waals surface area (Å²) in [6.07, 6.45) is 7.81. The highest BCUT2D eigenvalue weighted by molar-refractivity contribution is 5.19. The molecule has 0 atom stereocenters. The number of hydrogen-bond acceptors (Lipinski definition) is 1. The third-order valence-electron chi connectivity index (χ3n) is 0.810. The fourth-order valence-corrected chi connectivity index (χ4v) is 0.504. The molecule has 0 aliphatic carbocycles. The SMILES string of the molecule is C=C/C=C(C)\C=C/C.CC.CO. The number of aliphatic hydroxyl groups is 1. The first-order valence-corrected chi connectivity index (χ1v) is 4.18. The number of rotatable bonds is 2. The zero-order valence-corrected chi connectivity index (χ0v) is 8.96. The van der Waals surface area contributed by atoms with Gasteiger partial charge < -0.3 is 5.11 Å². The molecule has 0 aromatic carbocycles. The topological polar surface area (TPSA) is 20.2 Å². The summed E-state index contributed by atoms with van der Waals surface area (Å²) in [5.41, 5.74) is 1.24. The van der Waals surface area contributed by atoms with Crippen LogP contribution in [0.2, 0.25) is 0 Å². The summed E-state index contributed by atoms with van der Waals surface area (Å²) >= 11 is 0. The van der Waals surface area contributed by atoms with Crippen LogP contribution in [0.15, 0.2) is 36.5 Å². The molecule has 0 aromatic rings. The summed E-state index contributed by atoms with van der Waals surface area (Å²) in [5, 5.41) is 7.00. The molecule has 0 rings (SSSR count). The van der Waals surface area contributed by atoms with E-state index in [9.17, 15) is 0 Å². The average Bonchev–Trinajstić information content (AvgIpc) is 2.12. The second-order valence-electron chi connectivity index (χ2n) is 1.65. The number of allylic oxidation sites excluding steroid dienone is 5. The Morgan fingerprint density at radius 1 is 1.25 bits per heavy atom. The van der Waals surface area contributed by atoms with Gasteiger partial charge in [0.2, 0.25) is 0 Å². The van der Waals surface area contributed by atoms with E-state index in [2.05, 4.69) is 6.58 Å². The highest BCUT2D eigenvalue weighted by Crippen LogP contribution is 1.92. The zero-order chi connectivity index (χ0) is 10.4. The quantitative estimate of drug-likeness (QED) is 0.630. The smallest absolute Gasteiger partial charge is 0.0319 e. The van der Waals surface area contributed by atoms with E-state index in [1.54, 1.807) is 6.08 Å². The maximum atomic E-state index is 7.00. The molecule has 0 spiro atoms. The van der Waals surface area contributed by atoms with E-state index in [0.717, 1.165) is 7.11 Å². The van der Waals surface area contributed by atoms with Crippen LogP contribution < -0.4 is 0 Å². The molecule has 0 saturated heterocycles. The molecule has 0 heterocycles. The molecule has 0 amide bonds. The van der Waals surface area contributed by atoms with Crippen molar-refractivity contribution >= 4 is 0 Å². The summed E-state index contributed by atoms with van der Waals surface area (Å²) in [4.78, 5) is 0. The van der Waals surface area contributed by atoms with E-state index in [1.165, 1.54) is 5.57 Å². The Hall–Kier alpha value is -0.820. The highest BCUT2D eigenvalue weighted by atomic mass is 16.2. The minimum atomic E-state index is 1.00. The van der Waals surface area contributed by atoms with Crippen molar-refractivity contribution in [3.8, 4) is 0 Å². The van der Waals surface area contributed by atoms with Crippen LogP contribution in [0.4, 0.5) is 0 Å². The van der Waals surface area contributed by atoms with Crippen LogP contribution in [-0.4, -0.2) is 12.2 Å². The molecule has 1 heteroatoms. The summed E-state index contributed by atoms with van der Waals surface area (Å²) in [6, 6.07) is 0.